The van der Waals surface area contributed by atoms with Gasteiger partial charge in [-0.15, -0.1) is 0 Å². The minimum absolute atomic E-state index is 0.0319. The number of nitrogens with zero attached hydrogens (tertiary/aromatic N) is 1. The van der Waals surface area contributed by atoms with Gasteiger partial charge in [-0.3, -0.25) is 0 Å². The quantitative estimate of drug-likeness (QED) is 0.662. The Morgan fingerprint density at radius 3 is 2.50 bits per heavy atom. The Bertz CT molecular complexity index is 617. The molecule has 0 aliphatic rings. The van der Waals surface area contributed by atoms with Crippen LogP contribution in [0.25, 0.3) is 0 Å². The standard InChI is InChI=1S/C15H15BrF2N2/c1-2-20(14-6-4-3-5-13(14)19)9-10-12(17)8-7-11(16)15(10)18/h3-8H,2,9,19H2,1H3. The van der Waals surface area contributed by atoms with Crippen molar-refractivity contribution in [3.8, 4) is 0 Å². The van der Waals surface area contributed by atoms with Crippen LogP contribution in [-0.2, 0) is 6.54 Å². The van der Waals surface area contributed by atoms with Crippen molar-refractivity contribution < 1.29 is 8.78 Å². The van der Waals surface area contributed by atoms with Gasteiger partial charge in [-0.1, -0.05) is 12.1 Å². The molecular formula is C15H15BrF2N2. The molecule has 0 atom stereocenters. The van der Waals surface area contributed by atoms with Gasteiger partial charge in [-0.05, 0) is 47.1 Å². The van der Waals surface area contributed by atoms with E-state index in [1.807, 2.05) is 30.0 Å². The summed E-state index contributed by atoms with van der Waals surface area (Å²) in [4.78, 5) is 1.84. The number of halogens is 3. The fourth-order valence-electron chi connectivity index (χ4n) is 2.05. The predicted molar refractivity (Wildman–Crippen MR) is 81.6 cm³/mol. The maximum absolute atomic E-state index is 14.0. The van der Waals surface area contributed by atoms with Crippen molar-refractivity contribution in [3.05, 3.63) is 58.1 Å². The van der Waals surface area contributed by atoms with Gasteiger partial charge in [-0.2, -0.15) is 0 Å². The molecule has 0 heterocycles. The topological polar surface area (TPSA) is 29.3 Å². The number of nitrogen functional groups attached to an aromatic ring is 1. The zero-order chi connectivity index (χ0) is 14.7. The number of nitrogens with two attached hydrogens (primary N) is 1. The molecule has 0 radical (unpaired) electrons. The first kappa shape index (κ1) is 14.8. The summed E-state index contributed by atoms with van der Waals surface area (Å²) in [5.41, 5.74) is 7.31. The third-order valence-electron chi connectivity index (χ3n) is 3.15. The molecule has 5 heteroatoms. The SMILES string of the molecule is CCN(Cc1c(F)ccc(Br)c1F)c1ccccc1N. The fourth-order valence-corrected chi connectivity index (χ4v) is 2.42. The van der Waals surface area contributed by atoms with Crippen molar-refractivity contribution in [2.45, 2.75) is 13.5 Å². The van der Waals surface area contributed by atoms with E-state index in [-0.39, 0.29) is 16.6 Å². The first-order valence-corrected chi connectivity index (χ1v) is 7.05. The van der Waals surface area contributed by atoms with Crippen LogP contribution in [-0.4, -0.2) is 6.54 Å². The predicted octanol–water partition coefficient (Wildman–Crippen LogP) is 4.34. The minimum atomic E-state index is -0.571. The maximum atomic E-state index is 14.0. The highest BCUT2D eigenvalue weighted by molar-refractivity contribution is 9.10. The van der Waals surface area contributed by atoms with E-state index in [4.69, 9.17) is 5.73 Å². The lowest BCUT2D eigenvalue weighted by molar-refractivity contribution is 0.547. The van der Waals surface area contributed by atoms with E-state index in [0.717, 1.165) is 5.69 Å². The fraction of sp³-hybridized carbons (Fsp3) is 0.200. The average molecular weight is 341 g/mol. The van der Waals surface area contributed by atoms with Crippen LogP contribution in [0.5, 0.6) is 0 Å². The minimum Gasteiger partial charge on any atom is -0.397 e. The summed E-state index contributed by atoms with van der Waals surface area (Å²) in [5.74, 6) is -1.13. The highest BCUT2D eigenvalue weighted by Gasteiger charge is 2.16. The van der Waals surface area contributed by atoms with Crippen LogP contribution < -0.4 is 10.6 Å². The second-order valence-corrected chi connectivity index (χ2v) is 5.25. The molecule has 0 aliphatic carbocycles. The van der Waals surface area contributed by atoms with Gasteiger partial charge in [0.05, 0.1) is 15.8 Å². The number of rotatable bonds is 4. The van der Waals surface area contributed by atoms with Gasteiger partial charge in [0.1, 0.15) is 11.6 Å². The Balaban J connectivity index is 2.37. The normalized spacial score (nSPS) is 10.6. The highest BCUT2D eigenvalue weighted by Crippen LogP contribution is 2.27. The number of anilines is 2. The second-order valence-electron chi connectivity index (χ2n) is 4.39. The Morgan fingerprint density at radius 2 is 1.85 bits per heavy atom. The average Bonchev–Trinajstić information content (AvgIpc) is 2.45. The molecular weight excluding hydrogens is 326 g/mol. The number of para-hydroxylation sites is 2. The van der Waals surface area contributed by atoms with Gasteiger partial charge in [-0.25, -0.2) is 8.78 Å². The van der Waals surface area contributed by atoms with Crippen LogP contribution in [0, 0.1) is 11.6 Å². The molecule has 0 unspecified atom stereocenters. The van der Waals surface area contributed by atoms with E-state index < -0.39 is 11.6 Å². The van der Waals surface area contributed by atoms with E-state index in [2.05, 4.69) is 15.9 Å². The lowest BCUT2D eigenvalue weighted by Crippen LogP contribution is -2.24. The molecule has 0 fully saturated rings. The Morgan fingerprint density at radius 1 is 1.15 bits per heavy atom. The van der Waals surface area contributed by atoms with Gasteiger partial charge < -0.3 is 10.6 Å². The molecule has 2 aromatic carbocycles. The van der Waals surface area contributed by atoms with E-state index in [9.17, 15) is 8.78 Å². The van der Waals surface area contributed by atoms with Gasteiger partial charge >= 0.3 is 0 Å². The molecule has 0 bridgehead atoms. The molecule has 106 valence electrons. The zero-order valence-corrected chi connectivity index (χ0v) is 12.6. The number of hydrogen-bond acceptors (Lipinski definition) is 2. The second kappa shape index (κ2) is 6.22. The van der Waals surface area contributed by atoms with Crippen molar-refractivity contribution in [3.63, 3.8) is 0 Å². The molecule has 2 rings (SSSR count). The molecule has 0 aromatic heterocycles. The summed E-state index contributed by atoms with van der Waals surface area (Å²) >= 11 is 3.08. The first-order chi connectivity index (χ1) is 9.54. The number of hydrogen-bond donors (Lipinski definition) is 1. The number of benzene rings is 2. The van der Waals surface area contributed by atoms with Gasteiger partial charge in [0.25, 0.3) is 0 Å². The first-order valence-electron chi connectivity index (χ1n) is 6.26. The molecule has 2 nitrogen and oxygen atoms in total. The Hall–Kier alpha value is -1.62. The van der Waals surface area contributed by atoms with Crippen LogP contribution in [0.4, 0.5) is 20.2 Å². The van der Waals surface area contributed by atoms with Crippen LogP contribution in [0.1, 0.15) is 12.5 Å². The summed E-state index contributed by atoms with van der Waals surface area (Å²) in [5, 5.41) is 0. The van der Waals surface area contributed by atoms with Crippen molar-refractivity contribution in [2.24, 2.45) is 0 Å². The molecule has 0 saturated heterocycles. The molecule has 0 spiro atoms. The Labute approximate surface area is 125 Å². The van der Waals surface area contributed by atoms with Crippen LogP contribution in [0.2, 0.25) is 0 Å². The maximum Gasteiger partial charge on any atom is 0.145 e. The largest absolute Gasteiger partial charge is 0.397 e. The van der Waals surface area contributed by atoms with E-state index in [0.29, 0.717) is 12.2 Å². The van der Waals surface area contributed by atoms with Crippen LogP contribution in [0.15, 0.2) is 40.9 Å². The van der Waals surface area contributed by atoms with Crippen LogP contribution >= 0.6 is 15.9 Å². The van der Waals surface area contributed by atoms with Crippen molar-refractivity contribution in [1.82, 2.24) is 0 Å². The summed E-state index contributed by atoms with van der Waals surface area (Å²) in [6.45, 7) is 2.64. The smallest absolute Gasteiger partial charge is 0.145 e. The van der Waals surface area contributed by atoms with Gasteiger partial charge in [0.2, 0.25) is 0 Å². The molecule has 0 aliphatic heterocycles. The van der Waals surface area contributed by atoms with Crippen molar-refractivity contribution in [2.75, 3.05) is 17.2 Å². The van der Waals surface area contributed by atoms with Crippen molar-refractivity contribution in [1.29, 1.82) is 0 Å². The van der Waals surface area contributed by atoms with E-state index >= 15 is 0 Å². The van der Waals surface area contributed by atoms with Crippen molar-refractivity contribution >= 4 is 27.3 Å². The summed E-state index contributed by atoms with van der Waals surface area (Å²) < 4.78 is 28.1. The van der Waals surface area contributed by atoms with Gasteiger partial charge in [0.15, 0.2) is 0 Å². The Kier molecular flexibility index (Phi) is 4.60. The highest BCUT2D eigenvalue weighted by atomic mass is 79.9. The molecule has 2 aromatic rings. The van der Waals surface area contributed by atoms with Crippen LogP contribution in [0.3, 0.4) is 0 Å². The monoisotopic (exact) mass is 340 g/mol. The molecule has 0 amide bonds. The lowest BCUT2D eigenvalue weighted by Gasteiger charge is -2.25. The molecule has 20 heavy (non-hydrogen) atoms. The molecule has 0 saturated carbocycles. The third kappa shape index (κ3) is 2.93. The summed E-state index contributed by atoms with van der Waals surface area (Å²) in [6.07, 6.45) is 0. The van der Waals surface area contributed by atoms with E-state index in [1.54, 1.807) is 6.07 Å². The van der Waals surface area contributed by atoms with E-state index in [1.165, 1.54) is 12.1 Å². The molecule has 2 N–H and O–H groups in total. The zero-order valence-electron chi connectivity index (χ0n) is 11.0. The summed E-state index contributed by atoms with van der Waals surface area (Å²) in [6, 6.07) is 9.90. The third-order valence-corrected chi connectivity index (χ3v) is 3.76. The van der Waals surface area contributed by atoms with Gasteiger partial charge in [0, 0.05) is 18.7 Å². The summed E-state index contributed by atoms with van der Waals surface area (Å²) in [7, 11) is 0. The lowest BCUT2D eigenvalue weighted by atomic mass is 10.1.